The molecular formula is C9H15F3N2O3. The summed E-state index contributed by atoms with van der Waals surface area (Å²) in [6.45, 7) is 0.437. The van der Waals surface area contributed by atoms with Crippen LogP contribution in [0.15, 0.2) is 0 Å². The van der Waals surface area contributed by atoms with Gasteiger partial charge in [-0.3, -0.25) is 4.79 Å². The quantitative estimate of drug-likeness (QED) is 0.583. The SMILES string of the molecule is NCCCCCC(NC(=O)C(F)(F)F)C(=O)O. The molecule has 0 aromatic heterocycles. The number of amides is 1. The van der Waals surface area contributed by atoms with Crippen LogP contribution in [-0.2, 0) is 9.59 Å². The van der Waals surface area contributed by atoms with Crippen LogP contribution < -0.4 is 11.1 Å². The number of rotatable bonds is 7. The van der Waals surface area contributed by atoms with E-state index in [-0.39, 0.29) is 6.42 Å². The minimum Gasteiger partial charge on any atom is -0.480 e. The average Bonchev–Trinajstić information content (AvgIpc) is 2.20. The van der Waals surface area contributed by atoms with Crippen LogP contribution in [0.1, 0.15) is 25.7 Å². The molecule has 0 aromatic carbocycles. The second kappa shape index (κ2) is 7.10. The number of carboxylic acids is 1. The summed E-state index contributed by atoms with van der Waals surface area (Å²) in [6.07, 6.45) is -3.43. The van der Waals surface area contributed by atoms with Gasteiger partial charge in [-0.2, -0.15) is 13.2 Å². The van der Waals surface area contributed by atoms with Crippen LogP contribution in [0.4, 0.5) is 13.2 Å². The number of carboxylic acid groups (broad SMARTS) is 1. The number of nitrogens with two attached hydrogens (primary N) is 1. The number of carbonyl (C=O) groups excluding carboxylic acids is 1. The Kier molecular flexibility index (Phi) is 6.55. The zero-order valence-corrected chi connectivity index (χ0v) is 9.09. The van der Waals surface area contributed by atoms with E-state index in [4.69, 9.17) is 10.8 Å². The van der Waals surface area contributed by atoms with Crippen LogP contribution >= 0.6 is 0 Å². The highest BCUT2D eigenvalue weighted by molar-refractivity contribution is 5.86. The second-order valence-corrected chi connectivity index (χ2v) is 3.50. The lowest BCUT2D eigenvalue weighted by Gasteiger charge is -2.15. The molecule has 0 fully saturated rings. The van der Waals surface area contributed by atoms with Crippen LogP contribution in [0.25, 0.3) is 0 Å². The maximum atomic E-state index is 11.9. The van der Waals surface area contributed by atoms with Gasteiger partial charge in [0.15, 0.2) is 0 Å². The topological polar surface area (TPSA) is 92.4 Å². The Morgan fingerprint density at radius 3 is 2.24 bits per heavy atom. The zero-order valence-electron chi connectivity index (χ0n) is 9.09. The lowest BCUT2D eigenvalue weighted by atomic mass is 10.1. The van der Waals surface area contributed by atoms with Gasteiger partial charge in [0.25, 0.3) is 0 Å². The molecule has 0 aliphatic carbocycles. The Morgan fingerprint density at radius 1 is 1.24 bits per heavy atom. The third-order valence-corrected chi connectivity index (χ3v) is 2.06. The lowest BCUT2D eigenvalue weighted by Crippen LogP contribution is -2.46. The molecule has 0 bridgehead atoms. The fourth-order valence-electron chi connectivity index (χ4n) is 1.17. The highest BCUT2D eigenvalue weighted by Gasteiger charge is 2.40. The van der Waals surface area contributed by atoms with E-state index in [0.29, 0.717) is 25.8 Å². The molecule has 0 heterocycles. The molecule has 0 aliphatic heterocycles. The average molecular weight is 256 g/mol. The minimum atomic E-state index is -5.06. The number of hydrogen-bond acceptors (Lipinski definition) is 3. The summed E-state index contributed by atoms with van der Waals surface area (Å²) < 4.78 is 35.7. The number of unbranched alkanes of at least 4 members (excludes halogenated alkanes) is 2. The molecule has 0 saturated heterocycles. The Balaban J connectivity index is 4.17. The van der Waals surface area contributed by atoms with E-state index in [1.54, 1.807) is 0 Å². The normalized spacial score (nSPS) is 13.2. The Labute approximate surface area is 96.2 Å². The van der Waals surface area contributed by atoms with Crippen molar-refractivity contribution >= 4 is 11.9 Å². The highest BCUT2D eigenvalue weighted by atomic mass is 19.4. The number of hydrogen-bond donors (Lipinski definition) is 3. The van der Waals surface area contributed by atoms with Gasteiger partial charge in [0.2, 0.25) is 0 Å². The predicted molar refractivity (Wildman–Crippen MR) is 53.1 cm³/mol. The summed E-state index contributed by atoms with van der Waals surface area (Å²) in [5.41, 5.74) is 5.21. The molecule has 5 nitrogen and oxygen atoms in total. The molecule has 0 aliphatic rings. The Bertz CT molecular complexity index is 269. The number of carbonyl (C=O) groups is 2. The molecule has 1 atom stereocenters. The molecule has 0 rings (SSSR count). The van der Waals surface area contributed by atoms with Crippen LogP contribution in [0.5, 0.6) is 0 Å². The van der Waals surface area contributed by atoms with Crippen molar-refractivity contribution in [3.63, 3.8) is 0 Å². The fourth-order valence-corrected chi connectivity index (χ4v) is 1.17. The van der Waals surface area contributed by atoms with Crippen molar-refractivity contribution in [2.24, 2.45) is 5.73 Å². The van der Waals surface area contributed by atoms with Gasteiger partial charge < -0.3 is 16.2 Å². The van der Waals surface area contributed by atoms with Crippen molar-refractivity contribution in [3.05, 3.63) is 0 Å². The molecule has 1 unspecified atom stereocenters. The lowest BCUT2D eigenvalue weighted by molar-refractivity contribution is -0.175. The number of halogens is 3. The number of nitrogens with one attached hydrogen (secondary N) is 1. The minimum absolute atomic E-state index is 0.0445. The van der Waals surface area contributed by atoms with Crippen molar-refractivity contribution < 1.29 is 27.9 Å². The first-order valence-electron chi connectivity index (χ1n) is 5.09. The van der Waals surface area contributed by atoms with E-state index >= 15 is 0 Å². The largest absolute Gasteiger partial charge is 0.480 e. The van der Waals surface area contributed by atoms with Gasteiger partial charge in [0.1, 0.15) is 6.04 Å². The van der Waals surface area contributed by atoms with Crippen LogP contribution in [-0.4, -0.2) is 35.7 Å². The monoisotopic (exact) mass is 256 g/mol. The summed E-state index contributed by atoms with van der Waals surface area (Å²) in [6, 6.07) is -1.51. The van der Waals surface area contributed by atoms with Gasteiger partial charge in [-0.05, 0) is 19.4 Å². The maximum Gasteiger partial charge on any atom is 0.471 e. The van der Waals surface area contributed by atoms with Gasteiger partial charge in [-0.15, -0.1) is 0 Å². The van der Waals surface area contributed by atoms with E-state index < -0.39 is 24.1 Å². The second-order valence-electron chi connectivity index (χ2n) is 3.50. The third kappa shape index (κ3) is 6.77. The van der Waals surface area contributed by atoms with Crippen LogP contribution in [0.2, 0.25) is 0 Å². The molecule has 0 spiro atoms. The summed E-state index contributed by atoms with van der Waals surface area (Å²) in [5.74, 6) is -3.71. The number of alkyl halides is 3. The smallest absolute Gasteiger partial charge is 0.471 e. The zero-order chi connectivity index (χ0) is 13.5. The van der Waals surface area contributed by atoms with Crippen molar-refractivity contribution in [3.8, 4) is 0 Å². The van der Waals surface area contributed by atoms with E-state index in [1.807, 2.05) is 0 Å². The van der Waals surface area contributed by atoms with Crippen molar-refractivity contribution in [1.29, 1.82) is 0 Å². The van der Waals surface area contributed by atoms with E-state index in [1.165, 1.54) is 5.32 Å². The van der Waals surface area contributed by atoms with Crippen molar-refractivity contribution in [2.45, 2.75) is 37.9 Å². The molecule has 1 amide bonds. The summed E-state index contributed by atoms with van der Waals surface area (Å²) >= 11 is 0. The molecule has 8 heteroatoms. The summed E-state index contributed by atoms with van der Waals surface area (Å²) in [5, 5.41) is 10.1. The van der Waals surface area contributed by atoms with Crippen molar-refractivity contribution in [1.82, 2.24) is 5.32 Å². The molecule has 0 radical (unpaired) electrons. The highest BCUT2D eigenvalue weighted by Crippen LogP contribution is 2.15. The number of aliphatic carboxylic acids is 1. The van der Waals surface area contributed by atoms with E-state index in [0.717, 1.165) is 0 Å². The first-order valence-corrected chi connectivity index (χ1v) is 5.09. The standard InChI is InChI=1S/C9H15F3N2O3/c10-9(11,12)8(17)14-6(7(15)16)4-2-1-3-5-13/h6H,1-5,13H2,(H,14,17)(H,15,16). The molecule has 100 valence electrons. The Hall–Kier alpha value is -1.31. The molecule has 0 aromatic rings. The maximum absolute atomic E-state index is 11.9. The van der Waals surface area contributed by atoms with Crippen molar-refractivity contribution in [2.75, 3.05) is 6.54 Å². The fraction of sp³-hybridized carbons (Fsp3) is 0.778. The first kappa shape index (κ1) is 15.7. The van der Waals surface area contributed by atoms with Gasteiger partial charge in [-0.1, -0.05) is 12.8 Å². The van der Waals surface area contributed by atoms with Crippen LogP contribution in [0, 0.1) is 0 Å². The van der Waals surface area contributed by atoms with Gasteiger partial charge in [0.05, 0.1) is 0 Å². The predicted octanol–water partition coefficient (Wildman–Crippen LogP) is 0.637. The summed E-state index contributed by atoms with van der Waals surface area (Å²) in [7, 11) is 0. The van der Waals surface area contributed by atoms with Gasteiger partial charge in [-0.25, -0.2) is 4.79 Å². The van der Waals surface area contributed by atoms with Gasteiger partial charge in [0, 0.05) is 0 Å². The summed E-state index contributed by atoms with van der Waals surface area (Å²) in [4.78, 5) is 21.2. The Morgan fingerprint density at radius 2 is 1.82 bits per heavy atom. The third-order valence-electron chi connectivity index (χ3n) is 2.06. The molecule has 0 saturated carbocycles. The molecule has 4 N–H and O–H groups in total. The van der Waals surface area contributed by atoms with E-state index in [9.17, 15) is 22.8 Å². The van der Waals surface area contributed by atoms with E-state index in [2.05, 4.69) is 0 Å². The molecule has 17 heavy (non-hydrogen) atoms. The van der Waals surface area contributed by atoms with Gasteiger partial charge >= 0.3 is 18.1 Å². The first-order chi connectivity index (χ1) is 7.79. The van der Waals surface area contributed by atoms with Crippen LogP contribution in [0.3, 0.4) is 0 Å². The molecular weight excluding hydrogens is 241 g/mol.